The Labute approximate surface area is 183 Å². The fourth-order valence-corrected chi connectivity index (χ4v) is 4.68. The molecule has 5 rings (SSSR count). The second kappa shape index (κ2) is 7.96. The van der Waals surface area contributed by atoms with Crippen molar-refractivity contribution in [2.45, 2.75) is 17.7 Å². The van der Waals surface area contributed by atoms with Crippen molar-refractivity contribution in [2.75, 3.05) is 6.26 Å². The van der Waals surface area contributed by atoms with E-state index in [-0.39, 0.29) is 10.6 Å². The third-order valence-corrected chi connectivity index (χ3v) is 6.30. The predicted molar refractivity (Wildman–Crippen MR) is 126 cm³/mol. The van der Waals surface area contributed by atoms with Crippen molar-refractivity contribution < 1.29 is 4.92 Å². The summed E-state index contributed by atoms with van der Waals surface area (Å²) in [6.45, 7) is 0. The van der Waals surface area contributed by atoms with Crippen molar-refractivity contribution in [3.05, 3.63) is 81.5 Å². The number of thioether (sulfide) groups is 1. The molecule has 5 nitrogen and oxygen atoms in total. The molecule has 0 aliphatic heterocycles. The Morgan fingerprint density at radius 1 is 0.774 bits per heavy atom. The van der Waals surface area contributed by atoms with E-state index in [1.54, 1.807) is 23.9 Å². The zero-order chi connectivity index (χ0) is 21.4. The smallest absolute Gasteiger partial charge is 0.258 e. The third kappa shape index (κ3) is 3.39. The first-order chi connectivity index (χ1) is 15.2. The minimum Gasteiger partial charge on any atom is -0.258 e. The molecule has 0 saturated heterocycles. The standard InChI is InChI=1S/C25H19N3O2S/c1-31-23-13-7-3-9-17(23)19-15-14-18(16-8-2-6-12-22(16)28(29)30)24-25(19)27-21-11-5-4-10-20(21)26-24/h2-3,6-15H,4-5H2,1H3. The quantitative estimate of drug-likeness (QED) is 0.263. The van der Waals surface area contributed by atoms with Gasteiger partial charge >= 0.3 is 0 Å². The predicted octanol–water partition coefficient (Wildman–Crippen LogP) is 4.95. The lowest BCUT2D eigenvalue weighted by molar-refractivity contribution is -0.384. The van der Waals surface area contributed by atoms with Crippen molar-refractivity contribution in [1.29, 1.82) is 0 Å². The fourth-order valence-electron chi connectivity index (χ4n) is 4.06. The van der Waals surface area contributed by atoms with Crippen molar-refractivity contribution >= 4 is 40.6 Å². The molecule has 0 saturated carbocycles. The molecule has 0 atom stereocenters. The lowest BCUT2D eigenvalue weighted by atomic mass is 9.96. The van der Waals surface area contributed by atoms with E-state index in [0.29, 0.717) is 11.1 Å². The molecule has 0 bridgehead atoms. The number of rotatable bonds is 4. The molecule has 3 aromatic carbocycles. The minimum absolute atomic E-state index is 0.0659. The Morgan fingerprint density at radius 3 is 1.94 bits per heavy atom. The first-order valence-electron chi connectivity index (χ1n) is 10.1. The van der Waals surface area contributed by atoms with Crippen LogP contribution in [-0.4, -0.2) is 21.1 Å². The highest BCUT2D eigenvalue weighted by Gasteiger charge is 2.20. The van der Waals surface area contributed by atoms with Gasteiger partial charge in [0.2, 0.25) is 0 Å². The van der Waals surface area contributed by atoms with Crippen molar-refractivity contribution in [3.63, 3.8) is 0 Å². The van der Waals surface area contributed by atoms with Crippen LogP contribution in [0.5, 0.6) is 0 Å². The second-order valence-electron chi connectivity index (χ2n) is 7.31. The van der Waals surface area contributed by atoms with Gasteiger partial charge in [0.15, 0.2) is 0 Å². The second-order valence-corrected chi connectivity index (χ2v) is 8.16. The molecule has 0 unspecified atom stereocenters. The number of aromatic nitrogens is 2. The van der Waals surface area contributed by atoms with Gasteiger partial charge in [-0.3, -0.25) is 10.1 Å². The van der Waals surface area contributed by atoms with Crippen LogP contribution in [0.3, 0.4) is 0 Å². The van der Waals surface area contributed by atoms with Gasteiger partial charge in [0, 0.05) is 22.1 Å². The van der Waals surface area contributed by atoms with E-state index in [0.717, 1.165) is 50.6 Å². The van der Waals surface area contributed by atoms with Crippen LogP contribution in [0.15, 0.2) is 65.6 Å². The molecule has 152 valence electrons. The van der Waals surface area contributed by atoms with E-state index in [1.165, 1.54) is 6.07 Å². The van der Waals surface area contributed by atoms with Gasteiger partial charge in [-0.2, -0.15) is 0 Å². The summed E-state index contributed by atoms with van der Waals surface area (Å²) in [5.41, 5.74) is 4.87. The fraction of sp³-hybridized carbons (Fsp3) is 0.120. The maximum absolute atomic E-state index is 11.7. The Hall–Kier alpha value is -3.51. The Kier molecular flexibility index (Phi) is 5.00. The average molecular weight is 426 g/mol. The third-order valence-electron chi connectivity index (χ3n) is 5.51. The number of benzene rings is 3. The van der Waals surface area contributed by atoms with E-state index in [9.17, 15) is 10.1 Å². The number of hydrogen-bond donors (Lipinski definition) is 0. The number of hydrogen-bond acceptors (Lipinski definition) is 5. The zero-order valence-electron chi connectivity index (χ0n) is 16.9. The first-order valence-corrected chi connectivity index (χ1v) is 11.3. The molecular weight excluding hydrogens is 406 g/mol. The lowest BCUT2D eigenvalue weighted by Gasteiger charge is -2.14. The molecule has 0 N–H and O–H groups in total. The van der Waals surface area contributed by atoms with Gasteiger partial charge in [-0.05, 0) is 36.8 Å². The highest BCUT2D eigenvalue weighted by atomic mass is 32.2. The summed E-state index contributed by atoms with van der Waals surface area (Å²) in [5.74, 6) is 0. The summed E-state index contributed by atoms with van der Waals surface area (Å²) in [7, 11) is 0. The summed E-state index contributed by atoms with van der Waals surface area (Å²) in [5, 5.41) is 13.4. The molecule has 6 heteroatoms. The van der Waals surface area contributed by atoms with Crippen LogP contribution in [0.4, 0.5) is 5.69 Å². The van der Waals surface area contributed by atoms with Gasteiger partial charge in [-0.25, -0.2) is 9.97 Å². The van der Waals surface area contributed by atoms with Crippen molar-refractivity contribution in [1.82, 2.24) is 9.97 Å². The van der Waals surface area contributed by atoms with Gasteiger partial charge in [-0.1, -0.05) is 54.6 Å². The topological polar surface area (TPSA) is 68.9 Å². The van der Waals surface area contributed by atoms with Crippen LogP contribution in [0.1, 0.15) is 12.8 Å². The normalized spacial score (nSPS) is 12.7. The van der Waals surface area contributed by atoms with Gasteiger partial charge in [0.25, 0.3) is 5.69 Å². The van der Waals surface area contributed by atoms with Crippen LogP contribution in [0, 0.1) is 10.1 Å². The molecule has 1 aliphatic carbocycles. The summed E-state index contributed by atoms with van der Waals surface area (Å²) < 4.78 is 0. The number of nitro groups is 1. The van der Waals surface area contributed by atoms with Gasteiger partial charge < -0.3 is 0 Å². The van der Waals surface area contributed by atoms with Crippen molar-refractivity contribution in [3.8, 4) is 22.3 Å². The van der Waals surface area contributed by atoms with Crippen LogP contribution in [0.2, 0.25) is 0 Å². The molecule has 4 aromatic rings. The molecule has 1 heterocycles. The monoisotopic (exact) mass is 425 g/mol. The Balaban J connectivity index is 1.90. The Morgan fingerprint density at radius 2 is 1.32 bits per heavy atom. The van der Waals surface area contributed by atoms with Crippen LogP contribution in [0.25, 0.3) is 45.4 Å². The lowest BCUT2D eigenvalue weighted by Crippen LogP contribution is -2.33. The molecule has 31 heavy (non-hydrogen) atoms. The number of fused-ring (bicyclic) bond motifs is 2. The minimum atomic E-state index is -0.343. The van der Waals surface area contributed by atoms with Gasteiger partial charge in [-0.15, -0.1) is 11.8 Å². The van der Waals surface area contributed by atoms with Gasteiger partial charge in [0.1, 0.15) is 0 Å². The molecular formula is C25H19N3O2S. The van der Waals surface area contributed by atoms with E-state index in [4.69, 9.17) is 9.97 Å². The summed E-state index contributed by atoms with van der Waals surface area (Å²) >= 11 is 1.68. The van der Waals surface area contributed by atoms with Crippen LogP contribution in [-0.2, 0) is 0 Å². The highest BCUT2D eigenvalue weighted by molar-refractivity contribution is 7.98. The molecule has 0 radical (unpaired) electrons. The summed E-state index contributed by atoms with van der Waals surface area (Å²) in [6, 6.07) is 19.0. The maximum atomic E-state index is 11.7. The number of nitrogens with zero attached hydrogens (tertiary/aromatic N) is 3. The van der Waals surface area contributed by atoms with Crippen LogP contribution >= 0.6 is 11.8 Å². The summed E-state index contributed by atoms with van der Waals surface area (Å²) in [6.07, 6.45) is 8.12. The maximum Gasteiger partial charge on any atom is 0.277 e. The largest absolute Gasteiger partial charge is 0.277 e. The Bertz CT molecular complexity index is 1460. The number of nitro benzene ring substituents is 1. The average Bonchev–Trinajstić information content (AvgIpc) is 2.82. The van der Waals surface area contributed by atoms with Gasteiger partial charge in [0.05, 0.1) is 32.2 Å². The van der Waals surface area contributed by atoms with Crippen LogP contribution < -0.4 is 10.7 Å². The SMILES string of the molecule is CSc1ccccc1-c1ccc(-c2ccccc2[N+](=O)[O-])c2nc3c(nc12)=CCCC=3. The molecule has 0 amide bonds. The van der Waals surface area contributed by atoms with E-state index in [1.807, 2.05) is 30.3 Å². The summed E-state index contributed by atoms with van der Waals surface area (Å²) in [4.78, 5) is 22.5. The van der Waals surface area contributed by atoms with Crippen molar-refractivity contribution in [2.24, 2.45) is 0 Å². The van der Waals surface area contributed by atoms with E-state index >= 15 is 0 Å². The zero-order valence-corrected chi connectivity index (χ0v) is 17.7. The highest BCUT2D eigenvalue weighted by Crippen LogP contribution is 2.39. The number of para-hydroxylation sites is 1. The molecule has 0 spiro atoms. The molecule has 0 fully saturated rings. The van der Waals surface area contributed by atoms with E-state index < -0.39 is 0 Å². The first kappa shape index (κ1) is 19.5. The molecule has 1 aliphatic rings. The molecule has 1 aromatic heterocycles. The van der Waals surface area contributed by atoms with E-state index in [2.05, 4.69) is 30.5 Å².